The van der Waals surface area contributed by atoms with E-state index in [2.05, 4.69) is 14.6 Å². The fourth-order valence-electron chi connectivity index (χ4n) is 3.14. The third kappa shape index (κ3) is 3.15. The summed E-state index contributed by atoms with van der Waals surface area (Å²) in [4.78, 5) is 7.28. The summed E-state index contributed by atoms with van der Waals surface area (Å²) in [6.07, 6.45) is 1.95. The van der Waals surface area contributed by atoms with Crippen molar-refractivity contribution in [1.82, 2.24) is 19.6 Å². The molecule has 3 aromatic rings. The molecule has 1 saturated heterocycles. The van der Waals surface area contributed by atoms with Gasteiger partial charge in [0.15, 0.2) is 0 Å². The van der Waals surface area contributed by atoms with Crippen LogP contribution in [0, 0.1) is 0 Å². The Balaban J connectivity index is 1.81. The van der Waals surface area contributed by atoms with Gasteiger partial charge in [0, 0.05) is 49.5 Å². The standard InChI is InChI=1S/C18H18Cl2N4/c19-14-3-1-13(2-4-14)18-16(12-23-9-7-21-8-10-23)24-11-15(20)5-6-17(24)22-18/h1-6,11,21H,7-10,12H2. The summed E-state index contributed by atoms with van der Waals surface area (Å²) in [5.74, 6) is 0. The number of nitrogens with one attached hydrogen (secondary N) is 1. The molecule has 2 aromatic heterocycles. The molecule has 1 fully saturated rings. The number of hydrogen-bond acceptors (Lipinski definition) is 3. The number of nitrogens with zero attached hydrogens (tertiary/aromatic N) is 3. The minimum Gasteiger partial charge on any atom is -0.314 e. The average molecular weight is 361 g/mol. The zero-order chi connectivity index (χ0) is 16.5. The number of fused-ring (bicyclic) bond motifs is 1. The zero-order valence-electron chi connectivity index (χ0n) is 13.2. The molecular weight excluding hydrogens is 343 g/mol. The third-order valence-electron chi connectivity index (χ3n) is 4.38. The molecular formula is C18H18Cl2N4. The van der Waals surface area contributed by atoms with Gasteiger partial charge >= 0.3 is 0 Å². The van der Waals surface area contributed by atoms with E-state index in [4.69, 9.17) is 28.2 Å². The van der Waals surface area contributed by atoms with Crippen molar-refractivity contribution in [3.05, 3.63) is 58.3 Å². The van der Waals surface area contributed by atoms with E-state index >= 15 is 0 Å². The molecule has 4 nitrogen and oxygen atoms in total. The Hall–Kier alpha value is -1.59. The molecule has 0 saturated carbocycles. The second kappa shape index (κ2) is 6.73. The molecule has 4 rings (SSSR count). The SMILES string of the molecule is Clc1ccc(-c2nc3ccc(Cl)cn3c2CN2CCNCC2)cc1. The van der Waals surface area contributed by atoms with Crippen LogP contribution in [0.1, 0.15) is 5.69 Å². The monoisotopic (exact) mass is 360 g/mol. The van der Waals surface area contributed by atoms with Gasteiger partial charge in [-0.2, -0.15) is 0 Å². The predicted molar refractivity (Wildman–Crippen MR) is 98.8 cm³/mol. The Labute approximate surface area is 151 Å². The van der Waals surface area contributed by atoms with Gasteiger partial charge in [0.05, 0.1) is 16.4 Å². The second-order valence-electron chi connectivity index (χ2n) is 6.02. The smallest absolute Gasteiger partial charge is 0.137 e. The summed E-state index contributed by atoms with van der Waals surface area (Å²) in [7, 11) is 0. The lowest BCUT2D eigenvalue weighted by Gasteiger charge is -2.27. The summed E-state index contributed by atoms with van der Waals surface area (Å²) >= 11 is 12.3. The molecule has 0 atom stereocenters. The Morgan fingerprint density at radius 2 is 1.67 bits per heavy atom. The Bertz CT molecular complexity index is 851. The maximum atomic E-state index is 6.22. The lowest BCUT2D eigenvalue weighted by molar-refractivity contribution is 0.230. The van der Waals surface area contributed by atoms with E-state index < -0.39 is 0 Å². The van der Waals surface area contributed by atoms with Crippen LogP contribution in [0.5, 0.6) is 0 Å². The minimum atomic E-state index is 0.712. The highest BCUT2D eigenvalue weighted by Gasteiger charge is 2.18. The number of hydrogen-bond donors (Lipinski definition) is 1. The van der Waals surface area contributed by atoms with Crippen molar-refractivity contribution in [2.75, 3.05) is 26.2 Å². The molecule has 0 aliphatic carbocycles. The number of piperazine rings is 1. The number of rotatable bonds is 3. The number of benzene rings is 1. The van der Waals surface area contributed by atoms with Crippen LogP contribution in [-0.2, 0) is 6.54 Å². The first-order valence-electron chi connectivity index (χ1n) is 8.06. The van der Waals surface area contributed by atoms with E-state index in [9.17, 15) is 0 Å². The summed E-state index contributed by atoms with van der Waals surface area (Å²) in [5, 5.41) is 4.84. The van der Waals surface area contributed by atoms with Crippen LogP contribution in [-0.4, -0.2) is 40.5 Å². The van der Waals surface area contributed by atoms with Crippen molar-refractivity contribution in [3.63, 3.8) is 0 Å². The van der Waals surface area contributed by atoms with Crippen molar-refractivity contribution in [3.8, 4) is 11.3 Å². The Morgan fingerprint density at radius 1 is 0.958 bits per heavy atom. The molecule has 1 N–H and O–H groups in total. The first-order valence-corrected chi connectivity index (χ1v) is 8.82. The maximum Gasteiger partial charge on any atom is 0.137 e. The Kier molecular flexibility index (Phi) is 4.46. The van der Waals surface area contributed by atoms with Crippen LogP contribution >= 0.6 is 23.2 Å². The highest BCUT2D eigenvalue weighted by atomic mass is 35.5. The third-order valence-corrected chi connectivity index (χ3v) is 4.86. The average Bonchev–Trinajstić information content (AvgIpc) is 2.94. The predicted octanol–water partition coefficient (Wildman–Crippen LogP) is 3.71. The molecule has 3 heterocycles. The fraction of sp³-hybridized carbons (Fsp3) is 0.278. The molecule has 0 unspecified atom stereocenters. The van der Waals surface area contributed by atoms with E-state index in [1.807, 2.05) is 42.6 Å². The van der Waals surface area contributed by atoms with Gasteiger partial charge in [-0.1, -0.05) is 35.3 Å². The molecule has 0 radical (unpaired) electrons. The maximum absolute atomic E-state index is 6.22. The molecule has 1 aromatic carbocycles. The largest absolute Gasteiger partial charge is 0.314 e. The topological polar surface area (TPSA) is 32.6 Å². The second-order valence-corrected chi connectivity index (χ2v) is 6.89. The van der Waals surface area contributed by atoms with Gasteiger partial charge in [-0.15, -0.1) is 0 Å². The van der Waals surface area contributed by atoms with Gasteiger partial charge in [-0.05, 0) is 24.3 Å². The van der Waals surface area contributed by atoms with E-state index in [-0.39, 0.29) is 0 Å². The summed E-state index contributed by atoms with van der Waals surface area (Å²) in [5.41, 5.74) is 4.14. The number of aromatic nitrogens is 2. The Morgan fingerprint density at radius 3 is 2.42 bits per heavy atom. The number of pyridine rings is 1. The van der Waals surface area contributed by atoms with Crippen molar-refractivity contribution in [1.29, 1.82) is 0 Å². The first kappa shape index (κ1) is 15.9. The molecule has 0 amide bonds. The van der Waals surface area contributed by atoms with E-state index in [0.29, 0.717) is 5.02 Å². The van der Waals surface area contributed by atoms with Gasteiger partial charge in [0.25, 0.3) is 0 Å². The van der Waals surface area contributed by atoms with Gasteiger partial charge in [-0.25, -0.2) is 4.98 Å². The van der Waals surface area contributed by atoms with E-state index in [0.717, 1.165) is 60.3 Å². The summed E-state index contributed by atoms with van der Waals surface area (Å²) in [6.45, 7) is 4.96. The fourth-order valence-corrected chi connectivity index (χ4v) is 3.43. The number of imidazole rings is 1. The highest BCUT2D eigenvalue weighted by Crippen LogP contribution is 2.28. The van der Waals surface area contributed by atoms with Gasteiger partial charge < -0.3 is 9.72 Å². The van der Waals surface area contributed by atoms with E-state index in [1.165, 1.54) is 0 Å². The summed E-state index contributed by atoms with van der Waals surface area (Å²) < 4.78 is 2.11. The molecule has 0 spiro atoms. The van der Waals surface area contributed by atoms with Crippen LogP contribution in [0.25, 0.3) is 16.9 Å². The molecule has 6 heteroatoms. The van der Waals surface area contributed by atoms with Crippen molar-refractivity contribution < 1.29 is 0 Å². The zero-order valence-corrected chi connectivity index (χ0v) is 14.7. The van der Waals surface area contributed by atoms with Crippen molar-refractivity contribution in [2.24, 2.45) is 0 Å². The van der Waals surface area contributed by atoms with Gasteiger partial charge in [0.1, 0.15) is 5.65 Å². The summed E-state index contributed by atoms with van der Waals surface area (Å²) in [6, 6.07) is 11.7. The van der Waals surface area contributed by atoms with Crippen molar-refractivity contribution in [2.45, 2.75) is 6.54 Å². The van der Waals surface area contributed by atoms with E-state index in [1.54, 1.807) is 0 Å². The van der Waals surface area contributed by atoms with Crippen LogP contribution in [0.2, 0.25) is 10.0 Å². The van der Waals surface area contributed by atoms with Gasteiger partial charge in [-0.3, -0.25) is 4.90 Å². The number of halogens is 2. The quantitative estimate of drug-likeness (QED) is 0.772. The molecule has 24 heavy (non-hydrogen) atoms. The lowest BCUT2D eigenvalue weighted by atomic mass is 10.1. The van der Waals surface area contributed by atoms with Crippen LogP contribution in [0.3, 0.4) is 0 Å². The minimum absolute atomic E-state index is 0.712. The highest BCUT2D eigenvalue weighted by molar-refractivity contribution is 6.30. The molecule has 0 bridgehead atoms. The van der Waals surface area contributed by atoms with Gasteiger partial charge in [0.2, 0.25) is 0 Å². The molecule has 124 valence electrons. The van der Waals surface area contributed by atoms with Crippen LogP contribution < -0.4 is 5.32 Å². The molecule has 1 aliphatic rings. The van der Waals surface area contributed by atoms with Crippen LogP contribution in [0.15, 0.2) is 42.6 Å². The first-order chi connectivity index (χ1) is 11.7. The van der Waals surface area contributed by atoms with Crippen molar-refractivity contribution >= 4 is 28.8 Å². The molecule has 1 aliphatic heterocycles. The normalized spacial score (nSPS) is 15.9. The van der Waals surface area contributed by atoms with Crippen LogP contribution in [0.4, 0.5) is 0 Å². The lowest BCUT2D eigenvalue weighted by Crippen LogP contribution is -2.43.